The molecule has 0 bridgehead atoms. The third kappa shape index (κ3) is 1.46. The van der Waals surface area contributed by atoms with Crippen molar-refractivity contribution in [3.8, 4) is 17.0 Å². The van der Waals surface area contributed by atoms with E-state index >= 15 is 0 Å². The van der Waals surface area contributed by atoms with Crippen molar-refractivity contribution >= 4 is 17.9 Å². The van der Waals surface area contributed by atoms with Crippen molar-refractivity contribution < 1.29 is 17.8 Å². The van der Waals surface area contributed by atoms with E-state index in [1.807, 2.05) is 24.3 Å². The number of pyridine rings is 1. The summed E-state index contributed by atoms with van der Waals surface area (Å²) in [6.07, 6.45) is 0. The third-order valence-corrected chi connectivity index (χ3v) is 3.61. The number of benzene rings is 2. The molecule has 98 valence electrons. The van der Waals surface area contributed by atoms with E-state index in [0.29, 0.717) is 16.8 Å². The van der Waals surface area contributed by atoms with Crippen molar-refractivity contribution in [1.82, 2.24) is 0 Å². The Morgan fingerprint density at radius 3 is 2.50 bits per heavy atom. The minimum Gasteiger partial charge on any atom is -0.599 e. The van der Waals surface area contributed by atoms with Crippen LogP contribution in [0.5, 0.6) is 5.75 Å². The van der Waals surface area contributed by atoms with Gasteiger partial charge in [-0.2, -0.15) is 0 Å². The Kier molecular flexibility index (Phi) is 2.16. The molecule has 0 unspecified atom stereocenters. The summed E-state index contributed by atoms with van der Waals surface area (Å²) in [5.74, 6) is 0.229. The molecule has 4 rings (SSSR count). The van der Waals surface area contributed by atoms with Crippen LogP contribution in [-0.4, -0.2) is 7.04 Å². The van der Waals surface area contributed by atoms with E-state index in [2.05, 4.69) is 0 Å². The molecule has 1 aliphatic rings. The average Bonchev–Trinajstić information content (AvgIpc) is 2.46. The van der Waals surface area contributed by atoms with Gasteiger partial charge in [0.05, 0.1) is 11.3 Å². The molecule has 20 heavy (non-hydrogen) atoms. The van der Waals surface area contributed by atoms with Crippen LogP contribution in [0.3, 0.4) is 0 Å². The summed E-state index contributed by atoms with van der Waals surface area (Å²) in [6, 6.07) is 17.5. The van der Waals surface area contributed by atoms with Gasteiger partial charge in [0.2, 0.25) is 0 Å². The Labute approximate surface area is 114 Å². The highest BCUT2D eigenvalue weighted by molar-refractivity contribution is 6.51. The standard InChI is InChI=1S/C15H10BF2NO/c17-16(18)19-13-7-3-1-5-11(13)9-10-14(19)12-6-2-4-8-15(12)20-16/h1-10H. The van der Waals surface area contributed by atoms with Crippen LogP contribution in [0.25, 0.3) is 22.2 Å². The van der Waals surface area contributed by atoms with Crippen LogP contribution >= 0.6 is 0 Å². The molecular weight excluding hydrogens is 259 g/mol. The maximum Gasteiger partial charge on any atom is 0.834 e. The van der Waals surface area contributed by atoms with E-state index in [1.54, 1.807) is 36.4 Å². The van der Waals surface area contributed by atoms with E-state index in [-0.39, 0.29) is 5.75 Å². The van der Waals surface area contributed by atoms with Gasteiger partial charge < -0.3 is 17.8 Å². The number of halogens is 2. The summed E-state index contributed by atoms with van der Waals surface area (Å²) in [5, 5.41) is 0.765. The van der Waals surface area contributed by atoms with Gasteiger partial charge in [-0.05, 0) is 24.3 Å². The van der Waals surface area contributed by atoms with Crippen molar-refractivity contribution in [1.29, 1.82) is 0 Å². The highest BCUT2D eigenvalue weighted by Crippen LogP contribution is 2.35. The maximum absolute atomic E-state index is 14.4. The molecular formula is C15H10BF2NO. The number of aromatic nitrogens is 1. The zero-order valence-electron chi connectivity index (χ0n) is 10.5. The average molecular weight is 269 g/mol. The summed E-state index contributed by atoms with van der Waals surface area (Å²) in [6.45, 7) is 0. The van der Waals surface area contributed by atoms with Gasteiger partial charge in [0.1, 0.15) is 0 Å². The smallest absolute Gasteiger partial charge is 0.599 e. The second kappa shape index (κ2) is 3.79. The Bertz CT molecular complexity index is 835. The molecule has 1 aliphatic heterocycles. The van der Waals surface area contributed by atoms with E-state index in [1.165, 1.54) is 0 Å². The largest absolute Gasteiger partial charge is 0.834 e. The van der Waals surface area contributed by atoms with Crippen LogP contribution in [-0.2, 0) is 0 Å². The Hall–Kier alpha value is -2.43. The van der Waals surface area contributed by atoms with Crippen molar-refractivity contribution in [2.75, 3.05) is 0 Å². The topological polar surface area (TPSA) is 13.1 Å². The molecule has 0 amide bonds. The molecule has 0 fully saturated rings. The normalized spacial score (nSPS) is 15.3. The zero-order valence-corrected chi connectivity index (χ0v) is 10.5. The van der Waals surface area contributed by atoms with E-state index in [0.717, 1.165) is 9.86 Å². The maximum atomic E-state index is 14.4. The lowest BCUT2D eigenvalue weighted by molar-refractivity contribution is -0.541. The Morgan fingerprint density at radius 2 is 1.60 bits per heavy atom. The summed E-state index contributed by atoms with van der Waals surface area (Å²) >= 11 is 0. The van der Waals surface area contributed by atoms with Crippen molar-refractivity contribution in [2.45, 2.75) is 0 Å². The summed E-state index contributed by atoms with van der Waals surface area (Å²) in [4.78, 5) is 0. The molecule has 0 aliphatic carbocycles. The van der Waals surface area contributed by atoms with E-state index < -0.39 is 7.04 Å². The van der Waals surface area contributed by atoms with Gasteiger partial charge in [0.25, 0.3) is 0 Å². The fourth-order valence-electron chi connectivity index (χ4n) is 2.76. The van der Waals surface area contributed by atoms with Crippen LogP contribution < -0.4 is 9.13 Å². The van der Waals surface area contributed by atoms with Crippen LogP contribution in [0.2, 0.25) is 0 Å². The first kappa shape index (κ1) is 11.4. The van der Waals surface area contributed by atoms with E-state index in [4.69, 9.17) is 4.65 Å². The number of nitrogens with zero attached hydrogens (tertiary/aromatic N) is 1. The van der Waals surface area contributed by atoms with Gasteiger partial charge in [0, 0.05) is 17.5 Å². The van der Waals surface area contributed by atoms with Crippen LogP contribution in [0.15, 0.2) is 60.7 Å². The summed E-state index contributed by atoms with van der Waals surface area (Å²) in [5.41, 5.74) is 1.64. The predicted molar refractivity (Wildman–Crippen MR) is 73.6 cm³/mol. The highest BCUT2D eigenvalue weighted by Gasteiger charge is 2.51. The number of rotatable bonds is 0. The first-order valence-corrected chi connectivity index (χ1v) is 6.40. The van der Waals surface area contributed by atoms with Crippen molar-refractivity contribution in [3.63, 3.8) is 0 Å². The molecule has 2 aromatic carbocycles. The first-order chi connectivity index (χ1) is 9.67. The quantitative estimate of drug-likeness (QED) is 0.570. The fourth-order valence-corrected chi connectivity index (χ4v) is 2.76. The molecule has 1 aromatic heterocycles. The summed E-state index contributed by atoms with van der Waals surface area (Å²) in [7, 11) is -4.12. The molecule has 0 N–H and O–H groups in total. The molecule has 0 atom stereocenters. The second-order valence-corrected chi connectivity index (χ2v) is 4.82. The number of para-hydroxylation sites is 2. The van der Waals surface area contributed by atoms with Gasteiger partial charge in [-0.15, -0.1) is 0 Å². The van der Waals surface area contributed by atoms with Gasteiger partial charge in [-0.1, -0.05) is 24.3 Å². The molecule has 3 aromatic rings. The van der Waals surface area contributed by atoms with Gasteiger partial charge in [-0.25, -0.2) is 0 Å². The lowest BCUT2D eigenvalue weighted by Crippen LogP contribution is -2.66. The molecule has 0 spiro atoms. The van der Waals surface area contributed by atoms with Crippen LogP contribution in [0.4, 0.5) is 8.63 Å². The highest BCUT2D eigenvalue weighted by atomic mass is 19.3. The number of hydrogen-bond donors (Lipinski definition) is 0. The fraction of sp³-hybridized carbons (Fsp3) is 0. The second-order valence-electron chi connectivity index (χ2n) is 4.82. The minimum absolute atomic E-state index is 0.229. The van der Waals surface area contributed by atoms with E-state index in [9.17, 15) is 8.63 Å². The van der Waals surface area contributed by atoms with Gasteiger partial charge in [-0.3, -0.25) is 0 Å². The lowest BCUT2D eigenvalue weighted by Gasteiger charge is -2.29. The lowest BCUT2D eigenvalue weighted by atomic mass is 9.94. The van der Waals surface area contributed by atoms with Crippen LogP contribution in [0.1, 0.15) is 0 Å². The Morgan fingerprint density at radius 1 is 0.850 bits per heavy atom. The molecule has 5 heteroatoms. The monoisotopic (exact) mass is 269 g/mol. The number of hydrogen-bond acceptors (Lipinski definition) is 1. The molecule has 2 heterocycles. The summed E-state index contributed by atoms with van der Waals surface area (Å²) < 4.78 is 34.8. The first-order valence-electron chi connectivity index (χ1n) is 6.40. The van der Waals surface area contributed by atoms with Gasteiger partial charge >= 0.3 is 7.04 Å². The Balaban J connectivity index is 2.16. The molecule has 2 nitrogen and oxygen atoms in total. The molecule has 0 saturated carbocycles. The molecule has 0 radical (unpaired) electrons. The predicted octanol–water partition coefficient (Wildman–Crippen LogP) is 3.41. The third-order valence-electron chi connectivity index (χ3n) is 3.61. The minimum atomic E-state index is -4.12. The SMILES string of the molecule is F[B-]1(F)Oc2ccccc2-c2ccc3ccccc3[n+]21. The van der Waals surface area contributed by atoms with Gasteiger partial charge in [0.15, 0.2) is 11.2 Å². The molecule has 0 saturated heterocycles. The van der Waals surface area contributed by atoms with Crippen LogP contribution in [0, 0.1) is 0 Å². The number of fused-ring (bicyclic) bond motifs is 5. The zero-order chi connectivity index (χ0) is 13.7. The van der Waals surface area contributed by atoms with Crippen molar-refractivity contribution in [2.24, 2.45) is 0 Å². The van der Waals surface area contributed by atoms with Crippen molar-refractivity contribution in [3.05, 3.63) is 60.7 Å².